The highest BCUT2D eigenvalue weighted by atomic mass is 16.5. The third kappa shape index (κ3) is 3.36. The van der Waals surface area contributed by atoms with E-state index in [1.54, 1.807) is 0 Å². The van der Waals surface area contributed by atoms with Crippen molar-refractivity contribution in [2.24, 2.45) is 17.8 Å². The largest absolute Gasteiger partial charge is 0.478 e. The van der Waals surface area contributed by atoms with Gasteiger partial charge in [-0.25, -0.2) is 0 Å². The minimum Gasteiger partial charge on any atom is -0.478 e. The van der Waals surface area contributed by atoms with E-state index in [0.29, 0.717) is 11.8 Å². The van der Waals surface area contributed by atoms with Gasteiger partial charge in [0.2, 0.25) is 0 Å². The zero-order chi connectivity index (χ0) is 16.4. The van der Waals surface area contributed by atoms with E-state index in [-0.39, 0.29) is 24.7 Å². The molecule has 0 amide bonds. The Morgan fingerprint density at radius 1 is 1.39 bits per heavy atom. The fourth-order valence-electron chi connectivity index (χ4n) is 4.48. The van der Waals surface area contributed by atoms with Crippen LogP contribution in [0.3, 0.4) is 0 Å². The number of aliphatic hydroxyl groups is 2. The summed E-state index contributed by atoms with van der Waals surface area (Å²) in [6, 6.07) is 8.09. The van der Waals surface area contributed by atoms with Gasteiger partial charge in [-0.05, 0) is 74.0 Å². The Morgan fingerprint density at radius 2 is 2.22 bits per heavy atom. The topological polar surface area (TPSA) is 73.5 Å². The Labute approximate surface area is 137 Å². The molecule has 2 aliphatic rings. The van der Waals surface area contributed by atoms with Crippen molar-refractivity contribution in [3.05, 3.63) is 29.3 Å². The lowest BCUT2D eigenvalue weighted by atomic mass is 9.73. The molecular weight excluding hydrogens is 290 g/mol. The van der Waals surface area contributed by atoms with Crippen molar-refractivity contribution in [3.63, 3.8) is 0 Å². The molecule has 0 spiro atoms. The molecule has 1 aromatic rings. The first-order valence-corrected chi connectivity index (χ1v) is 8.56. The third-order valence-electron chi connectivity index (χ3n) is 5.56. The molecule has 4 heteroatoms. The molecule has 1 fully saturated rings. The zero-order valence-corrected chi connectivity index (χ0v) is 13.6. The molecule has 0 bridgehead atoms. The molecule has 0 aliphatic heterocycles. The third-order valence-corrected chi connectivity index (χ3v) is 5.56. The summed E-state index contributed by atoms with van der Waals surface area (Å²) < 4.78 is 5.58. The van der Waals surface area contributed by atoms with Gasteiger partial charge in [0.05, 0.1) is 12.2 Å². The van der Waals surface area contributed by atoms with E-state index < -0.39 is 0 Å². The molecule has 3 rings (SSSR count). The van der Waals surface area contributed by atoms with Gasteiger partial charge in [0.15, 0.2) is 6.61 Å². The first-order valence-electron chi connectivity index (χ1n) is 8.56. The molecule has 0 radical (unpaired) electrons. The summed E-state index contributed by atoms with van der Waals surface area (Å²) in [6.07, 6.45) is 3.80. The SMILES string of the molecule is C[C@@H](O)CCC1[C@H]2Cc3cccc(OCC#N)c3CC2C[C@H]1O. The number of fused-ring (bicyclic) bond motifs is 2. The summed E-state index contributed by atoms with van der Waals surface area (Å²) >= 11 is 0. The highest BCUT2D eigenvalue weighted by molar-refractivity contribution is 5.43. The molecule has 0 aromatic heterocycles. The summed E-state index contributed by atoms with van der Waals surface area (Å²) in [5.41, 5.74) is 2.50. The average molecular weight is 315 g/mol. The van der Waals surface area contributed by atoms with Crippen LogP contribution < -0.4 is 4.74 Å². The van der Waals surface area contributed by atoms with Gasteiger partial charge in [-0.2, -0.15) is 5.26 Å². The van der Waals surface area contributed by atoms with Gasteiger partial charge >= 0.3 is 0 Å². The highest BCUT2D eigenvalue weighted by Crippen LogP contribution is 2.48. The van der Waals surface area contributed by atoms with Crippen LogP contribution in [-0.4, -0.2) is 29.0 Å². The van der Waals surface area contributed by atoms with E-state index in [9.17, 15) is 10.2 Å². The quantitative estimate of drug-likeness (QED) is 0.875. The summed E-state index contributed by atoms with van der Waals surface area (Å²) in [6.45, 7) is 1.89. The maximum Gasteiger partial charge on any atom is 0.174 e. The smallest absolute Gasteiger partial charge is 0.174 e. The van der Waals surface area contributed by atoms with Crippen LogP contribution in [-0.2, 0) is 12.8 Å². The van der Waals surface area contributed by atoms with Gasteiger partial charge in [0.25, 0.3) is 0 Å². The van der Waals surface area contributed by atoms with Gasteiger partial charge < -0.3 is 14.9 Å². The van der Waals surface area contributed by atoms with Crippen molar-refractivity contribution in [1.29, 1.82) is 5.26 Å². The number of nitrogens with zero attached hydrogens (tertiary/aromatic N) is 1. The number of aliphatic hydroxyl groups excluding tert-OH is 2. The number of hydrogen-bond donors (Lipinski definition) is 2. The first kappa shape index (κ1) is 16.3. The summed E-state index contributed by atoms with van der Waals surface area (Å²) in [4.78, 5) is 0. The first-order chi connectivity index (χ1) is 11.1. The van der Waals surface area contributed by atoms with E-state index >= 15 is 0 Å². The minimum atomic E-state index is -0.303. The Bertz CT molecular complexity index is 593. The van der Waals surface area contributed by atoms with E-state index in [1.165, 1.54) is 11.1 Å². The maximum atomic E-state index is 10.5. The molecule has 23 heavy (non-hydrogen) atoms. The molecule has 124 valence electrons. The van der Waals surface area contributed by atoms with Crippen molar-refractivity contribution < 1.29 is 14.9 Å². The zero-order valence-electron chi connectivity index (χ0n) is 13.6. The Hall–Kier alpha value is -1.57. The predicted molar refractivity (Wildman–Crippen MR) is 87.0 cm³/mol. The lowest BCUT2D eigenvalue weighted by Crippen LogP contribution is -2.27. The number of rotatable bonds is 5. The van der Waals surface area contributed by atoms with Gasteiger partial charge in [-0.3, -0.25) is 0 Å². The van der Waals surface area contributed by atoms with Crippen LogP contribution >= 0.6 is 0 Å². The molecule has 2 unspecified atom stereocenters. The molecular formula is C19H25NO3. The van der Waals surface area contributed by atoms with Gasteiger partial charge in [0.1, 0.15) is 11.8 Å². The van der Waals surface area contributed by atoms with Crippen LogP contribution in [0.4, 0.5) is 0 Å². The van der Waals surface area contributed by atoms with Crippen LogP contribution in [0, 0.1) is 29.1 Å². The summed E-state index contributed by atoms with van der Waals surface area (Å²) in [5.74, 6) is 2.07. The van der Waals surface area contributed by atoms with Crippen LogP contribution in [0.5, 0.6) is 5.75 Å². The molecule has 1 saturated carbocycles. The van der Waals surface area contributed by atoms with Crippen LogP contribution in [0.2, 0.25) is 0 Å². The van der Waals surface area contributed by atoms with E-state index in [1.807, 2.05) is 25.1 Å². The van der Waals surface area contributed by atoms with Crippen molar-refractivity contribution >= 4 is 0 Å². The second-order valence-electron chi connectivity index (χ2n) is 7.07. The Morgan fingerprint density at radius 3 is 2.96 bits per heavy atom. The normalized spacial score (nSPS) is 30.2. The Balaban J connectivity index is 1.78. The average Bonchev–Trinajstić information content (AvgIpc) is 2.83. The maximum absolute atomic E-state index is 10.5. The molecule has 0 heterocycles. The fourth-order valence-corrected chi connectivity index (χ4v) is 4.48. The molecule has 0 saturated heterocycles. The van der Waals surface area contributed by atoms with E-state index in [4.69, 9.17) is 10.00 Å². The monoisotopic (exact) mass is 315 g/mol. The second kappa shape index (κ2) is 6.90. The Kier molecular flexibility index (Phi) is 4.89. The van der Waals surface area contributed by atoms with Crippen molar-refractivity contribution in [3.8, 4) is 11.8 Å². The fraction of sp³-hybridized carbons (Fsp3) is 0.632. The summed E-state index contributed by atoms with van der Waals surface area (Å²) in [7, 11) is 0. The van der Waals surface area contributed by atoms with E-state index in [0.717, 1.165) is 37.9 Å². The second-order valence-corrected chi connectivity index (χ2v) is 7.07. The highest BCUT2D eigenvalue weighted by Gasteiger charge is 2.44. The molecule has 4 nitrogen and oxygen atoms in total. The van der Waals surface area contributed by atoms with Crippen LogP contribution in [0.1, 0.15) is 37.3 Å². The predicted octanol–water partition coefficient (Wildman–Crippen LogP) is 2.46. The van der Waals surface area contributed by atoms with Crippen molar-refractivity contribution in [2.45, 2.75) is 51.2 Å². The molecule has 5 atom stereocenters. The standard InChI is InChI=1S/C19H25NO3/c1-12(21)5-6-15-16-9-13-3-2-4-19(23-8-7-20)17(13)10-14(16)11-18(15)22/h2-4,12,14-16,18,21-22H,5-6,8-11H2,1H3/t12-,14?,15?,16+,18-/m1/s1. The van der Waals surface area contributed by atoms with Crippen LogP contribution in [0.15, 0.2) is 18.2 Å². The van der Waals surface area contributed by atoms with Crippen molar-refractivity contribution in [1.82, 2.24) is 0 Å². The summed E-state index contributed by atoms with van der Waals surface area (Å²) in [5, 5.41) is 28.7. The van der Waals surface area contributed by atoms with Gasteiger partial charge in [0, 0.05) is 0 Å². The lowest BCUT2D eigenvalue weighted by molar-refractivity contribution is 0.0943. The number of hydrogen-bond acceptors (Lipinski definition) is 4. The number of nitriles is 1. The molecule has 1 aromatic carbocycles. The molecule has 2 aliphatic carbocycles. The number of benzene rings is 1. The number of ether oxygens (including phenoxy) is 1. The minimum absolute atomic E-state index is 0.0736. The van der Waals surface area contributed by atoms with E-state index in [2.05, 4.69) is 6.07 Å². The van der Waals surface area contributed by atoms with Crippen molar-refractivity contribution in [2.75, 3.05) is 6.61 Å². The lowest BCUT2D eigenvalue weighted by Gasteiger charge is -2.32. The van der Waals surface area contributed by atoms with Crippen LogP contribution in [0.25, 0.3) is 0 Å². The molecule has 2 N–H and O–H groups in total. The van der Waals surface area contributed by atoms with Gasteiger partial charge in [-0.15, -0.1) is 0 Å². The van der Waals surface area contributed by atoms with Gasteiger partial charge in [-0.1, -0.05) is 12.1 Å².